The molecule has 0 radical (unpaired) electrons. The van der Waals surface area contributed by atoms with E-state index < -0.39 is 321 Å². The fraction of sp³-hybridized carbons (Fsp3) is 0.457. The third-order valence-corrected chi connectivity index (χ3v) is 24.7. The van der Waals surface area contributed by atoms with Crippen molar-refractivity contribution in [3.8, 4) is 5.75 Å². The summed E-state index contributed by atoms with van der Waals surface area (Å²) < 4.78 is 45.1. The van der Waals surface area contributed by atoms with E-state index in [2.05, 4.69) is 52.8 Å². The number of aliphatic hydroxyl groups is 2. The Hall–Kier alpha value is -14.0. The monoisotopic (exact) mass is 1910 g/mol. The Balaban J connectivity index is 1.15. The number of primary amides is 2. The van der Waals surface area contributed by atoms with Crippen LogP contribution in [0, 0.1) is 23.4 Å². The van der Waals surface area contributed by atoms with E-state index >= 15 is 51.9 Å². The number of aromatic nitrogens is 1. The number of nitrogens with one attached hydrogen (secondary N) is 10. The van der Waals surface area contributed by atoms with Crippen LogP contribution in [-0.2, 0) is 118 Å². The molecule has 16 amide bonds. The van der Waals surface area contributed by atoms with Crippen LogP contribution in [0.3, 0.4) is 0 Å². The van der Waals surface area contributed by atoms with Crippen molar-refractivity contribution < 1.29 is 125 Å². The van der Waals surface area contributed by atoms with E-state index in [4.69, 9.17) is 11.5 Å². The zero-order chi connectivity index (χ0) is 99.6. The second kappa shape index (κ2) is 49.3. The molecule has 3 aliphatic rings. The van der Waals surface area contributed by atoms with Gasteiger partial charge in [-0.2, -0.15) is 0 Å². The molecular formula is C92H114F3N17O23S. The van der Waals surface area contributed by atoms with Gasteiger partial charge in [0.25, 0.3) is 0 Å². The van der Waals surface area contributed by atoms with Crippen LogP contribution < -0.4 is 59.3 Å². The minimum Gasteiger partial charge on any atom is -0.508 e. The number of hydrogen-bond donors (Lipinski definition) is 17. The molecule has 44 heteroatoms. The lowest BCUT2D eigenvalue weighted by Gasteiger charge is -2.38. The number of carbonyl (C=O) groups excluding carboxylic acids is 16. The summed E-state index contributed by atoms with van der Waals surface area (Å²) in [6.45, 7) is 2.61. The number of carboxylic acid groups (broad SMARTS) is 2. The Labute approximate surface area is 783 Å². The molecule has 19 N–H and O–H groups in total. The summed E-state index contributed by atoms with van der Waals surface area (Å²) in [6.07, 6.45) is -8.65. The van der Waals surface area contributed by atoms with Crippen LogP contribution in [0.2, 0.25) is 0 Å². The van der Waals surface area contributed by atoms with Crippen molar-refractivity contribution in [2.45, 2.75) is 208 Å². The number of H-pyrrole nitrogens is 1. The lowest BCUT2D eigenvalue weighted by molar-refractivity contribution is -0.152. The zero-order valence-corrected chi connectivity index (χ0v) is 76.3. The number of phenolic OH excluding ortho intramolecular Hbond substituents is 1. The molecule has 0 spiro atoms. The molecule has 0 bridgehead atoms. The van der Waals surface area contributed by atoms with Gasteiger partial charge in [-0.25, -0.2) is 13.2 Å². The molecule has 0 unspecified atom stereocenters. The summed E-state index contributed by atoms with van der Waals surface area (Å²) in [6, 6.07) is 5.50. The number of carbonyl (C=O) groups is 18. The number of unbranched alkanes of at least 4 members (excludes halogenated alkanes) is 1. The van der Waals surface area contributed by atoms with E-state index in [1.807, 2.05) is 0 Å². The second-order valence-electron chi connectivity index (χ2n) is 34.2. The number of nitrogens with two attached hydrogens (primary N) is 2. The number of aromatic hydroxyl groups is 1. The molecule has 1 aromatic heterocycles. The van der Waals surface area contributed by atoms with Gasteiger partial charge in [0.1, 0.15) is 84.3 Å². The SMILES string of the molecule is CCCC[C@H]1C(=O)N2C[C@H](O)C[C@@H]2C(=O)N[C@@H](CC(=O)O)C(=O)N[C@@H](C(C)C)C(=O)N(C)[C@@H](Cc2ccccc2)C(=O)N[C@@H](CCC(N)=O)C(=O)N2C[C@H](O)C[C@@H]2C(=O)N[C@@H](Cc2c[nH]c3ccccc23)C(=O)N[C@@H](Cc2ccc(O)cc2)C(=O)N[C@@H](CCC(=O)O)C(=O)N[C@H](C(=O)NCC(N)=O)CSCC(=O)N[C@@H](Cc2cc(F)c(F)c(F)c2)C(=O)N(C)[C@@H](Cc2ccccc2)C(=O)N1C. The molecule has 5 aromatic carbocycles. The molecule has 0 saturated carbocycles. The normalized spacial score (nSPS) is 24.3. The van der Waals surface area contributed by atoms with E-state index in [0.29, 0.717) is 57.9 Å². The number of fused-ring (bicyclic) bond motifs is 3. The number of aliphatic carboxylic acids is 2. The number of aliphatic hydroxyl groups excluding tert-OH is 2. The smallest absolute Gasteiger partial charge is 0.305 e. The molecule has 0 aliphatic carbocycles. The van der Waals surface area contributed by atoms with E-state index in [9.17, 15) is 73.1 Å². The molecule has 3 fully saturated rings. The summed E-state index contributed by atoms with van der Waals surface area (Å²) in [5.41, 5.74) is 12.6. The first-order valence-corrected chi connectivity index (χ1v) is 45.3. The fourth-order valence-electron chi connectivity index (χ4n) is 16.3. The number of benzene rings is 5. The largest absolute Gasteiger partial charge is 0.508 e. The van der Waals surface area contributed by atoms with E-state index in [-0.39, 0.29) is 37.0 Å². The van der Waals surface area contributed by atoms with Crippen molar-refractivity contribution in [3.05, 3.63) is 173 Å². The first-order chi connectivity index (χ1) is 64.5. The van der Waals surface area contributed by atoms with Crippen LogP contribution in [0.15, 0.2) is 128 Å². The van der Waals surface area contributed by atoms with E-state index in [1.165, 1.54) is 58.4 Å². The number of nitrogens with zero attached hydrogens (tertiary/aromatic N) is 5. The van der Waals surface area contributed by atoms with Crippen molar-refractivity contribution in [1.29, 1.82) is 0 Å². The molecular weight excluding hydrogens is 1800 g/mol. The van der Waals surface area contributed by atoms with Gasteiger partial charge in [0, 0.05) is 115 Å². The highest BCUT2D eigenvalue weighted by Crippen LogP contribution is 2.29. The first kappa shape index (κ1) is 106. The molecule has 732 valence electrons. The fourth-order valence-corrected chi connectivity index (χ4v) is 17.2. The molecule has 3 aliphatic heterocycles. The molecule has 3 saturated heterocycles. The number of phenols is 1. The molecule has 9 rings (SSSR count). The Kier molecular flexibility index (Phi) is 38.3. The summed E-state index contributed by atoms with van der Waals surface area (Å²) in [4.78, 5) is 270. The lowest BCUT2D eigenvalue weighted by Crippen LogP contribution is -2.62. The van der Waals surface area contributed by atoms with E-state index in [1.54, 1.807) is 91.9 Å². The Morgan fingerprint density at radius 3 is 1.57 bits per heavy atom. The number of carboxylic acids is 2. The summed E-state index contributed by atoms with van der Waals surface area (Å²) in [7, 11) is 3.50. The zero-order valence-electron chi connectivity index (χ0n) is 75.5. The van der Waals surface area contributed by atoms with Crippen LogP contribution >= 0.6 is 11.8 Å². The summed E-state index contributed by atoms with van der Waals surface area (Å²) in [5.74, 6) is -29.2. The van der Waals surface area contributed by atoms with Crippen LogP contribution in [0.5, 0.6) is 5.75 Å². The third kappa shape index (κ3) is 29.2. The number of hydrogen-bond acceptors (Lipinski definition) is 22. The number of thioether (sulfide) groups is 1. The topological polar surface area (TPSA) is 601 Å². The quantitative estimate of drug-likeness (QED) is 0.0302. The maximum Gasteiger partial charge on any atom is 0.305 e. The second-order valence-corrected chi connectivity index (χ2v) is 35.2. The molecule has 6 aromatic rings. The number of para-hydroxylation sites is 1. The average molecular weight is 1920 g/mol. The first-order valence-electron chi connectivity index (χ1n) is 44.1. The van der Waals surface area contributed by atoms with Gasteiger partial charge in [0.15, 0.2) is 17.5 Å². The van der Waals surface area contributed by atoms with Crippen molar-refractivity contribution in [2.75, 3.05) is 52.3 Å². The van der Waals surface area contributed by atoms with Gasteiger partial charge in [0.2, 0.25) is 94.5 Å². The molecule has 4 heterocycles. The van der Waals surface area contributed by atoms with Gasteiger partial charge in [0.05, 0.1) is 30.9 Å². The van der Waals surface area contributed by atoms with Crippen LogP contribution in [0.1, 0.15) is 113 Å². The van der Waals surface area contributed by atoms with Gasteiger partial charge in [-0.05, 0) is 83.3 Å². The highest BCUT2D eigenvalue weighted by molar-refractivity contribution is 8.00. The van der Waals surface area contributed by atoms with Gasteiger partial charge in [-0.1, -0.05) is 125 Å². The molecule has 15 atom stereocenters. The maximum atomic E-state index is 15.7. The Morgan fingerprint density at radius 1 is 0.493 bits per heavy atom. The van der Waals surface area contributed by atoms with Crippen molar-refractivity contribution >= 4 is 129 Å². The van der Waals surface area contributed by atoms with Gasteiger partial charge >= 0.3 is 11.9 Å². The van der Waals surface area contributed by atoms with Gasteiger partial charge in [-0.3, -0.25) is 86.3 Å². The van der Waals surface area contributed by atoms with Crippen molar-refractivity contribution in [2.24, 2.45) is 17.4 Å². The lowest BCUT2D eigenvalue weighted by atomic mass is 9.98. The number of halogens is 3. The van der Waals surface area contributed by atoms with Crippen LogP contribution in [0.25, 0.3) is 10.9 Å². The Bertz CT molecular complexity index is 5350. The minimum absolute atomic E-state index is 0.167. The minimum atomic E-state index is -2.08. The molecule has 136 heavy (non-hydrogen) atoms. The third-order valence-electron chi connectivity index (χ3n) is 23.7. The summed E-state index contributed by atoms with van der Waals surface area (Å²) >= 11 is 0.554. The molecule has 40 nitrogen and oxygen atoms in total. The van der Waals surface area contributed by atoms with E-state index in [0.717, 1.165) is 31.5 Å². The summed E-state index contributed by atoms with van der Waals surface area (Å²) in [5, 5.41) is 76.5. The number of amides is 16. The number of likely N-dealkylation sites (N-methyl/N-ethyl adjacent to an activating group) is 3. The van der Waals surface area contributed by atoms with Crippen LogP contribution in [0.4, 0.5) is 13.2 Å². The highest BCUT2D eigenvalue weighted by Gasteiger charge is 2.48. The standard InChI is InChI=1S/C92H114F3N17O23S/c1-7-8-23-68-91(134)112-45-56(115)40-71(112)87(130)105-65(41-77(121)122)84(127)107-79(48(2)3)92(135)109(5)69(36-49-17-11-9-12-18-49)85(128)102-62(28-30-73(96)116)89(132)111-44-55(114)39-70(111)86(129)104-64(38-53-42-98-60-22-16-15-21-57(53)60)83(126)103-63(34-51-24-26-54(113)27-25-51)82(125)101-61(29-31-76(119)120)81(124)106-67(80(123)99-43-74(97)117)46-136-47-75(118)100-66(35-52-32-58(93)78(95)59(94)33-52)88(131)110(6)72(90(133)108(68)4)37-50-19-13-10-14-20-50/h9-22,24-27,32-33,42,48,55-56,61-72,79,98,113-115H,7-8,23,28-31,34-41,43-47H2,1-6H3,(H2,96,116)(H2,97,117)(H,99,123)(H,100,118)(H,101,125)(H,102,128)(H,103,126)(H,104,129)(H,105,130)(H,106,124)(H,107,127)(H,119,120)(H,121,122)/t55-,56-,61+,62+,63+,64+,65+,66+,67+,68+,69+,70-,71-,72+,79+/m1/s1. The number of rotatable bonds is 25. The van der Waals surface area contributed by atoms with Gasteiger partial charge < -0.3 is 114 Å². The van der Waals surface area contributed by atoms with Gasteiger partial charge in [-0.15, -0.1) is 11.8 Å². The van der Waals surface area contributed by atoms with Crippen molar-refractivity contribution in [3.63, 3.8) is 0 Å². The van der Waals surface area contributed by atoms with Crippen LogP contribution in [-0.4, -0.2) is 305 Å². The number of aromatic amines is 1. The maximum absolute atomic E-state index is 15.7. The Morgan fingerprint density at radius 2 is 0.993 bits per heavy atom. The predicted molar refractivity (Wildman–Crippen MR) is 483 cm³/mol. The van der Waals surface area contributed by atoms with Crippen molar-refractivity contribution in [1.82, 2.24) is 77.3 Å². The average Bonchev–Trinajstić information content (AvgIpc) is 1.78. The predicted octanol–water partition coefficient (Wildman–Crippen LogP) is -1.11. The highest BCUT2D eigenvalue weighted by atomic mass is 32.2.